The highest BCUT2D eigenvalue weighted by Gasteiger charge is 2.42. The van der Waals surface area contributed by atoms with E-state index in [1.807, 2.05) is 69.3 Å². The van der Waals surface area contributed by atoms with Gasteiger partial charge in [0.1, 0.15) is 24.5 Å². The van der Waals surface area contributed by atoms with E-state index >= 15 is 0 Å². The molecule has 1 aromatic heterocycles. The molecule has 0 bridgehead atoms. The van der Waals surface area contributed by atoms with Gasteiger partial charge in [-0.1, -0.05) is 50.2 Å². The zero-order valence-electron chi connectivity index (χ0n) is 26.2. The third-order valence-electron chi connectivity index (χ3n) is 7.50. The molecule has 1 unspecified atom stereocenters. The van der Waals surface area contributed by atoms with Crippen molar-refractivity contribution in [2.75, 3.05) is 26.2 Å². The lowest BCUT2D eigenvalue weighted by Gasteiger charge is -2.40. The van der Waals surface area contributed by atoms with Gasteiger partial charge in [-0.2, -0.15) is 0 Å². The number of nitrogens with zero attached hydrogens (tertiary/aromatic N) is 4. The van der Waals surface area contributed by atoms with Crippen LogP contribution in [-0.4, -0.2) is 69.6 Å². The molecule has 44 heavy (non-hydrogen) atoms. The second-order valence-electron chi connectivity index (χ2n) is 12.3. The molecule has 2 amide bonds. The van der Waals surface area contributed by atoms with Crippen molar-refractivity contribution in [3.8, 4) is 17.3 Å². The molecule has 0 N–H and O–H groups in total. The lowest BCUT2D eigenvalue weighted by Crippen LogP contribution is -2.49. The topological polar surface area (TPSA) is 112 Å². The second-order valence-corrected chi connectivity index (χ2v) is 12.3. The summed E-state index contributed by atoms with van der Waals surface area (Å²) >= 11 is 0. The maximum absolute atomic E-state index is 13.5. The van der Waals surface area contributed by atoms with Crippen molar-refractivity contribution in [1.29, 1.82) is 0 Å². The Kier molecular flexibility index (Phi) is 8.85. The van der Waals surface area contributed by atoms with Crippen LogP contribution >= 0.6 is 0 Å². The Balaban J connectivity index is 1.54. The Morgan fingerprint density at radius 1 is 1.05 bits per heavy atom. The van der Waals surface area contributed by atoms with Crippen LogP contribution in [0, 0.1) is 0 Å². The Hall–Kier alpha value is -4.54. The summed E-state index contributed by atoms with van der Waals surface area (Å²) in [5.74, 6) is 0.517. The molecule has 5 rings (SSSR count). The van der Waals surface area contributed by atoms with Crippen LogP contribution in [0.3, 0.4) is 0 Å². The van der Waals surface area contributed by atoms with E-state index in [1.54, 1.807) is 14.5 Å². The number of carbonyl (C=O) groups is 3. The van der Waals surface area contributed by atoms with Crippen molar-refractivity contribution in [3.63, 3.8) is 0 Å². The molecular formula is C33H40N4O7. The molecule has 234 valence electrons. The van der Waals surface area contributed by atoms with E-state index in [9.17, 15) is 14.4 Å². The molecule has 2 aromatic carbocycles. The fraction of sp³-hybridized carbons (Fsp3) is 0.455. The first-order valence-corrected chi connectivity index (χ1v) is 14.9. The predicted molar refractivity (Wildman–Crippen MR) is 162 cm³/mol. The van der Waals surface area contributed by atoms with Crippen molar-refractivity contribution in [2.24, 2.45) is 0 Å². The van der Waals surface area contributed by atoms with E-state index in [4.69, 9.17) is 24.0 Å². The smallest absolute Gasteiger partial charge is 0.410 e. The number of hydrogen-bond donors (Lipinski definition) is 0. The molecule has 2 aliphatic heterocycles. The average Bonchev–Trinajstić information content (AvgIpc) is 3.31. The quantitative estimate of drug-likeness (QED) is 0.266. The van der Waals surface area contributed by atoms with E-state index < -0.39 is 29.8 Å². The maximum atomic E-state index is 13.5. The van der Waals surface area contributed by atoms with Gasteiger partial charge in [-0.3, -0.25) is 9.69 Å². The number of rotatable bonds is 5. The fourth-order valence-corrected chi connectivity index (χ4v) is 5.42. The largest absolute Gasteiger partial charge is 0.474 e. The summed E-state index contributed by atoms with van der Waals surface area (Å²) in [4.78, 5) is 42.1. The van der Waals surface area contributed by atoms with Crippen LogP contribution in [0.15, 0.2) is 48.5 Å². The first-order valence-electron chi connectivity index (χ1n) is 14.9. The van der Waals surface area contributed by atoms with E-state index in [0.717, 1.165) is 16.8 Å². The highest BCUT2D eigenvalue weighted by atomic mass is 16.6. The van der Waals surface area contributed by atoms with Crippen LogP contribution < -0.4 is 9.47 Å². The van der Waals surface area contributed by atoms with Crippen LogP contribution in [-0.2, 0) is 27.3 Å². The van der Waals surface area contributed by atoms with Crippen molar-refractivity contribution in [2.45, 2.75) is 72.1 Å². The lowest BCUT2D eigenvalue weighted by atomic mass is 9.97. The first kappa shape index (κ1) is 30.9. The molecule has 0 saturated carbocycles. The first-order chi connectivity index (χ1) is 20.9. The summed E-state index contributed by atoms with van der Waals surface area (Å²) in [5.41, 5.74) is 3.24. The summed E-state index contributed by atoms with van der Waals surface area (Å²) in [7, 11) is 0. The minimum absolute atomic E-state index is 0.122. The number of aromatic nitrogens is 2. The van der Waals surface area contributed by atoms with Gasteiger partial charge in [0.05, 0.1) is 23.8 Å². The monoisotopic (exact) mass is 604 g/mol. The van der Waals surface area contributed by atoms with Gasteiger partial charge in [-0.25, -0.2) is 14.3 Å². The summed E-state index contributed by atoms with van der Waals surface area (Å²) in [6.07, 6.45) is -0.566. The van der Waals surface area contributed by atoms with E-state index in [2.05, 4.69) is 13.8 Å². The number of carbonyl (C=O) groups excluding carboxylic acids is 3. The second kappa shape index (κ2) is 12.6. The van der Waals surface area contributed by atoms with Gasteiger partial charge in [0.2, 0.25) is 5.88 Å². The number of hydrogen-bond acceptors (Lipinski definition) is 8. The zero-order chi connectivity index (χ0) is 31.6. The third kappa shape index (κ3) is 6.82. The van der Waals surface area contributed by atoms with Gasteiger partial charge in [0, 0.05) is 26.4 Å². The zero-order valence-corrected chi connectivity index (χ0v) is 26.2. The lowest BCUT2D eigenvalue weighted by molar-refractivity contribution is -0.131. The molecule has 0 spiro atoms. The van der Waals surface area contributed by atoms with Crippen LogP contribution in [0.5, 0.6) is 11.6 Å². The van der Waals surface area contributed by atoms with E-state index in [0.29, 0.717) is 35.8 Å². The molecule has 3 aromatic rings. The molecule has 11 heteroatoms. The summed E-state index contributed by atoms with van der Waals surface area (Å²) in [6.45, 7) is 11.9. The van der Waals surface area contributed by atoms with Crippen molar-refractivity contribution >= 4 is 18.2 Å². The molecule has 1 atom stereocenters. The van der Waals surface area contributed by atoms with Crippen LogP contribution in [0.4, 0.5) is 9.59 Å². The molecule has 0 fully saturated rings. The highest BCUT2D eigenvalue weighted by Crippen LogP contribution is 2.41. The number of esters is 1. The molecule has 0 aliphatic carbocycles. The number of ether oxygens (including phenoxy) is 4. The van der Waals surface area contributed by atoms with Crippen LogP contribution in [0.1, 0.15) is 75.9 Å². The van der Waals surface area contributed by atoms with Gasteiger partial charge in [0.15, 0.2) is 5.75 Å². The normalized spacial score (nSPS) is 16.4. The van der Waals surface area contributed by atoms with Gasteiger partial charge in [-0.05, 0) is 49.9 Å². The SMILES string of the molecule is CC(=O)Oc1cc(C(C)C)ccc1-n1nc2c3c1CCN(C(=O)OC(C)(C)C)C3CN(C(=O)OCc1ccccc1)CCO2. The Bertz CT molecular complexity index is 1530. The Morgan fingerprint density at radius 3 is 2.48 bits per heavy atom. The minimum atomic E-state index is -0.714. The van der Waals surface area contributed by atoms with Gasteiger partial charge < -0.3 is 23.8 Å². The molecule has 2 aliphatic rings. The maximum Gasteiger partial charge on any atom is 0.410 e. The predicted octanol–water partition coefficient (Wildman–Crippen LogP) is 5.79. The van der Waals surface area contributed by atoms with Crippen LogP contribution in [0.25, 0.3) is 5.69 Å². The highest BCUT2D eigenvalue weighted by molar-refractivity contribution is 5.73. The minimum Gasteiger partial charge on any atom is -0.474 e. The van der Waals surface area contributed by atoms with E-state index in [1.165, 1.54) is 6.92 Å². The Labute approximate surface area is 257 Å². The number of benzene rings is 2. The summed E-state index contributed by atoms with van der Waals surface area (Å²) in [6, 6.07) is 14.6. The standard InChI is InChI=1S/C33H40N4O7/c1-21(2)24-12-13-25(28(18-24)43-22(3)38)37-26-14-15-36(32(40)44-33(4,5)6)27-19-35(16-17-41-30(34-37)29(26)27)31(39)42-20-23-10-8-7-9-11-23/h7-13,18,21,27H,14-17,19-20H2,1-6H3. The molecule has 0 radical (unpaired) electrons. The molecule has 11 nitrogen and oxygen atoms in total. The molecular weight excluding hydrogens is 564 g/mol. The Morgan fingerprint density at radius 2 is 1.80 bits per heavy atom. The number of amides is 2. The average molecular weight is 605 g/mol. The van der Waals surface area contributed by atoms with E-state index in [-0.39, 0.29) is 32.2 Å². The summed E-state index contributed by atoms with van der Waals surface area (Å²) in [5, 5.41) is 4.83. The van der Waals surface area contributed by atoms with Gasteiger partial charge in [-0.15, -0.1) is 5.10 Å². The van der Waals surface area contributed by atoms with Crippen molar-refractivity contribution < 1.29 is 33.3 Å². The molecule has 3 heterocycles. The molecule has 0 saturated heterocycles. The van der Waals surface area contributed by atoms with Crippen LogP contribution in [0.2, 0.25) is 0 Å². The van der Waals surface area contributed by atoms with Gasteiger partial charge >= 0.3 is 18.2 Å². The summed E-state index contributed by atoms with van der Waals surface area (Å²) < 4.78 is 25.0. The van der Waals surface area contributed by atoms with Crippen molar-refractivity contribution in [1.82, 2.24) is 19.6 Å². The van der Waals surface area contributed by atoms with Gasteiger partial charge in [0.25, 0.3) is 0 Å². The fourth-order valence-electron chi connectivity index (χ4n) is 5.42. The third-order valence-corrected chi connectivity index (χ3v) is 7.50. The van der Waals surface area contributed by atoms with Crippen molar-refractivity contribution in [3.05, 3.63) is 70.9 Å².